The molecule has 0 heteroatoms. The van der Waals surface area contributed by atoms with Crippen molar-refractivity contribution in [3.8, 4) is 0 Å². The second-order valence-electron chi connectivity index (χ2n) is 7.72. The van der Waals surface area contributed by atoms with E-state index in [2.05, 4.69) is 20.4 Å². The van der Waals surface area contributed by atoms with Crippen LogP contribution in [0.4, 0.5) is 0 Å². The van der Waals surface area contributed by atoms with E-state index >= 15 is 0 Å². The van der Waals surface area contributed by atoms with Gasteiger partial charge >= 0.3 is 0 Å². The molecule has 0 saturated carbocycles. The molecule has 138 valence electrons. The molecular weight excluding hydrogens is 276 g/mol. The molecule has 0 aliphatic heterocycles. The second-order valence-corrected chi connectivity index (χ2v) is 7.72. The standard InChI is InChI=1S/C23H46/c1-4-5-6-7-8-9-10-11-12-13-14-15-16-17-18-19-20-21-22-23(2)3/h2,4-22H2,1,3H3. The Hall–Kier alpha value is -0.260. The Morgan fingerprint density at radius 1 is 0.478 bits per heavy atom. The SMILES string of the molecule is C=C(C)CCCCCCCCCCCCCCCCCCCC. The normalized spacial score (nSPS) is 11.0. The van der Waals surface area contributed by atoms with Crippen molar-refractivity contribution in [2.75, 3.05) is 0 Å². The maximum Gasteiger partial charge on any atom is -0.0326 e. The Bertz CT molecular complexity index is 228. The van der Waals surface area contributed by atoms with Crippen LogP contribution in [-0.4, -0.2) is 0 Å². The Labute approximate surface area is 148 Å². The molecular formula is C23H46. The summed E-state index contributed by atoms with van der Waals surface area (Å²) in [4.78, 5) is 0. The van der Waals surface area contributed by atoms with Gasteiger partial charge in [0.05, 0.1) is 0 Å². The lowest BCUT2D eigenvalue weighted by atomic mass is 10.0. The minimum absolute atomic E-state index is 1.23. The Morgan fingerprint density at radius 2 is 0.739 bits per heavy atom. The minimum Gasteiger partial charge on any atom is -0.100 e. The van der Waals surface area contributed by atoms with Crippen LogP contribution in [0.5, 0.6) is 0 Å². The average molecular weight is 323 g/mol. The Balaban J connectivity index is 2.96. The van der Waals surface area contributed by atoms with Gasteiger partial charge in [0.25, 0.3) is 0 Å². The number of allylic oxidation sites excluding steroid dienone is 1. The van der Waals surface area contributed by atoms with E-state index in [1.807, 2.05) is 0 Å². The van der Waals surface area contributed by atoms with E-state index in [1.54, 1.807) is 0 Å². The fraction of sp³-hybridized carbons (Fsp3) is 0.913. The van der Waals surface area contributed by atoms with Crippen LogP contribution in [0.15, 0.2) is 12.2 Å². The minimum atomic E-state index is 1.23. The molecule has 0 radical (unpaired) electrons. The van der Waals surface area contributed by atoms with Gasteiger partial charge in [-0.3, -0.25) is 0 Å². The molecule has 0 aliphatic carbocycles. The van der Waals surface area contributed by atoms with Crippen molar-refractivity contribution in [1.82, 2.24) is 0 Å². The molecule has 0 rings (SSSR count). The fourth-order valence-corrected chi connectivity index (χ4v) is 3.33. The second kappa shape index (κ2) is 19.8. The summed E-state index contributed by atoms with van der Waals surface area (Å²) in [5.74, 6) is 0. The van der Waals surface area contributed by atoms with Crippen molar-refractivity contribution < 1.29 is 0 Å². The van der Waals surface area contributed by atoms with E-state index in [4.69, 9.17) is 0 Å². The van der Waals surface area contributed by atoms with Gasteiger partial charge in [-0.1, -0.05) is 122 Å². The number of unbranched alkanes of at least 4 members (excludes halogenated alkanes) is 17. The predicted molar refractivity (Wildman–Crippen MR) is 108 cm³/mol. The Kier molecular flexibility index (Phi) is 19.6. The third kappa shape index (κ3) is 21.7. The highest BCUT2D eigenvalue weighted by Crippen LogP contribution is 2.15. The lowest BCUT2D eigenvalue weighted by Crippen LogP contribution is -1.84. The van der Waals surface area contributed by atoms with Crippen LogP contribution in [0.1, 0.15) is 136 Å². The van der Waals surface area contributed by atoms with Gasteiger partial charge in [-0.2, -0.15) is 0 Å². The molecule has 0 fully saturated rings. The first-order chi connectivity index (χ1) is 11.3. The maximum absolute atomic E-state index is 3.97. The molecule has 23 heavy (non-hydrogen) atoms. The van der Waals surface area contributed by atoms with Gasteiger partial charge < -0.3 is 0 Å². The zero-order valence-electron chi connectivity index (χ0n) is 16.6. The van der Waals surface area contributed by atoms with E-state index in [0.717, 1.165) is 0 Å². The van der Waals surface area contributed by atoms with Crippen molar-refractivity contribution >= 4 is 0 Å². The van der Waals surface area contributed by atoms with Gasteiger partial charge in [0.2, 0.25) is 0 Å². The molecule has 0 amide bonds. The zero-order valence-corrected chi connectivity index (χ0v) is 16.6. The molecule has 0 unspecified atom stereocenters. The molecule has 0 bridgehead atoms. The quantitative estimate of drug-likeness (QED) is 0.164. The van der Waals surface area contributed by atoms with E-state index in [-0.39, 0.29) is 0 Å². The van der Waals surface area contributed by atoms with Gasteiger partial charge in [0.1, 0.15) is 0 Å². The van der Waals surface area contributed by atoms with E-state index in [1.165, 1.54) is 128 Å². The van der Waals surface area contributed by atoms with Crippen LogP contribution in [0.3, 0.4) is 0 Å². The van der Waals surface area contributed by atoms with Crippen LogP contribution in [0.25, 0.3) is 0 Å². The molecule has 0 heterocycles. The average Bonchev–Trinajstić information content (AvgIpc) is 2.53. The topological polar surface area (TPSA) is 0 Å². The van der Waals surface area contributed by atoms with Crippen LogP contribution in [0.2, 0.25) is 0 Å². The van der Waals surface area contributed by atoms with Gasteiger partial charge in [-0.05, 0) is 19.8 Å². The van der Waals surface area contributed by atoms with E-state index in [9.17, 15) is 0 Å². The highest BCUT2D eigenvalue weighted by atomic mass is 14.0. The summed E-state index contributed by atoms with van der Waals surface area (Å²) in [7, 11) is 0. The van der Waals surface area contributed by atoms with Crippen LogP contribution >= 0.6 is 0 Å². The van der Waals surface area contributed by atoms with Gasteiger partial charge in [0.15, 0.2) is 0 Å². The summed E-state index contributed by atoms with van der Waals surface area (Å²) in [5, 5.41) is 0. The third-order valence-electron chi connectivity index (χ3n) is 4.96. The molecule has 0 aromatic carbocycles. The van der Waals surface area contributed by atoms with Gasteiger partial charge in [-0.25, -0.2) is 0 Å². The first kappa shape index (κ1) is 22.7. The molecule has 0 nitrogen and oxygen atoms in total. The van der Waals surface area contributed by atoms with Crippen molar-refractivity contribution in [3.05, 3.63) is 12.2 Å². The molecule has 0 spiro atoms. The molecule has 0 N–H and O–H groups in total. The Morgan fingerprint density at radius 3 is 1.00 bits per heavy atom. The highest BCUT2D eigenvalue weighted by Gasteiger charge is 1.95. The number of hydrogen-bond donors (Lipinski definition) is 0. The smallest absolute Gasteiger partial charge is 0.0326 e. The predicted octanol–water partition coefficient (Wildman–Crippen LogP) is 8.99. The van der Waals surface area contributed by atoms with Gasteiger partial charge in [0, 0.05) is 0 Å². The summed E-state index contributed by atoms with van der Waals surface area (Å²) in [5.41, 5.74) is 1.35. The lowest BCUT2D eigenvalue weighted by molar-refractivity contribution is 0.525. The van der Waals surface area contributed by atoms with Crippen molar-refractivity contribution in [1.29, 1.82) is 0 Å². The fourth-order valence-electron chi connectivity index (χ4n) is 3.33. The summed E-state index contributed by atoms with van der Waals surface area (Å²) in [6.45, 7) is 8.41. The number of rotatable bonds is 19. The molecule has 0 aliphatic rings. The largest absolute Gasteiger partial charge is 0.100 e. The molecule has 0 saturated heterocycles. The van der Waals surface area contributed by atoms with E-state index < -0.39 is 0 Å². The molecule has 0 atom stereocenters. The third-order valence-corrected chi connectivity index (χ3v) is 4.96. The summed E-state index contributed by atoms with van der Waals surface area (Å²) < 4.78 is 0. The maximum atomic E-state index is 3.97. The first-order valence-electron chi connectivity index (χ1n) is 10.9. The van der Waals surface area contributed by atoms with E-state index in [0.29, 0.717) is 0 Å². The van der Waals surface area contributed by atoms with Gasteiger partial charge in [-0.15, -0.1) is 6.58 Å². The van der Waals surface area contributed by atoms with Crippen molar-refractivity contribution in [2.45, 2.75) is 136 Å². The highest BCUT2D eigenvalue weighted by molar-refractivity contribution is 4.86. The first-order valence-corrected chi connectivity index (χ1v) is 10.9. The number of hydrogen-bond acceptors (Lipinski definition) is 0. The summed E-state index contributed by atoms with van der Waals surface area (Å²) in [6.07, 6.45) is 27.4. The lowest BCUT2D eigenvalue weighted by Gasteiger charge is -2.04. The molecule has 0 aromatic rings. The summed E-state index contributed by atoms with van der Waals surface area (Å²) >= 11 is 0. The van der Waals surface area contributed by atoms with Crippen molar-refractivity contribution in [2.24, 2.45) is 0 Å². The zero-order chi connectivity index (χ0) is 17.0. The summed E-state index contributed by atoms with van der Waals surface area (Å²) in [6, 6.07) is 0. The van der Waals surface area contributed by atoms with Crippen LogP contribution in [-0.2, 0) is 0 Å². The van der Waals surface area contributed by atoms with Crippen molar-refractivity contribution in [3.63, 3.8) is 0 Å². The van der Waals surface area contributed by atoms with Crippen LogP contribution in [0, 0.1) is 0 Å². The monoisotopic (exact) mass is 322 g/mol. The molecule has 0 aromatic heterocycles. The van der Waals surface area contributed by atoms with Crippen LogP contribution < -0.4 is 0 Å².